The summed E-state index contributed by atoms with van der Waals surface area (Å²) in [5, 5.41) is 3.68. The molecular weight excluding hydrogens is 354 g/mol. The molecule has 2 amide bonds. The quantitative estimate of drug-likeness (QED) is 0.820. The molecule has 0 spiro atoms. The van der Waals surface area contributed by atoms with Crippen LogP contribution in [0.15, 0.2) is 24.3 Å². The predicted molar refractivity (Wildman–Crippen MR) is 100 cm³/mol. The van der Waals surface area contributed by atoms with E-state index in [4.69, 9.17) is 16.3 Å². The molecule has 1 N–H and O–H groups in total. The zero-order valence-corrected chi connectivity index (χ0v) is 16.0. The molecule has 0 radical (unpaired) electrons. The average molecular weight is 380 g/mol. The van der Waals surface area contributed by atoms with Crippen molar-refractivity contribution >= 4 is 23.4 Å². The number of halogens is 1. The van der Waals surface area contributed by atoms with Gasteiger partial charge in [-0.15, -0.1) is 0 Å². The third-order valence-electron chi connectivity index (χ3n) is 4.95. The van der Waals surface area contributed by atoms with Crippen LogP contribution in [-0.2, 0) is 9.59 Å². The number of nitrogens with one attached hydrogen (secondary N) is 1. The van der Waals surface area contributed by atoms with Gasteiger partial charge in [0.2, 0.25) is 5.91 Å². The monoisotopic (exact) mass is 379 g/mol. The lowest BCUT2D eigenvalue weighted by atomic mass is 10.2. The molecule has 1 aliphatic heterocycles. The van der Waals surface area contributed by atoms with Gasteiger partial charge in [0.05, 0.1) is 6.04 Å². The van der Waals surface area contributed by atoms with Crippen LogP contribution in [0.2, 0.25) is 5.02 Å². The fraction of sp³-hybridized carbons (Fsp3) is 0.579. The van der Waals surface area contributed by atoms with Crippen LogP contribution in [0.1, 0.15) is 26.7 Å². The van der Waals surface area contributed by atoms with E-state index in [1.807, 2.05) is 11.8 Å². The molecular formula is C19H26ClN3O3. The molecule has 142 valence electrons. The van der Waals surface area contributed by atoms with E-state index in [1.54, 1.807) is 31.2 Å². The number of piperazine rings is 1. The number of nitrogens with zero attached hydrogens (tertiary/aromatic N) is 2. The Morgan fingerprint density at radius 2 is 1.73 bits per heavy atom. The summed E-state index contributed by atoms with van der Waals surface area (Å²) >= 11 is 5.86. The Labute approximate surface area is 159 Å². The van der Waals surface area contributed by atoms with Gasteiger partial charge in [-0.25, -0.2) is 0 Å². The number of rotatable bonds is 6. The van der Waals surface area contributed by atoms with Gasteiger partial charge in [0, 0.05) is 37.2 Å². The molecule has 6 nitrogen and oxygen atoms in total. The van der Waals surface area contributed by atoms with E-state index < -0.39 is 6.10 Å². The molecule has 2 aliphatic rings. The molecule has 1 heterocycles. The summed E-state index contributed by atoms with van der Waals surface area (Å²) < 4.78 is 5.72. The van der Waals surface area contributed by atoms with Crippen LogP contribution in [0.4, 0.5) is 0 Å². The maximum absolute atomic E-state index is 12.6. The Bertz CT molecular complexity index is 640. The van der Waals surface area contributed by atoms with Crippen molar-refractivity contribution in [2.45, 2.75) is 44.9 Å². The first-order chi connectivity index (χ1) is 12.4. The summed E-state index contributed by atoms with van der Waals surface area (Å²) in [6.45, 7) is 6.29. The number of hydrogen-bond acceptors (Lipinski definition) is 4. The normalized spacial score (nSPS) is 20.3. The van der Waals surface area contributed by atoms with Crippen molar-refractivity contribution in [3.8, 4) is 5.75 Å². The van der Waals surface area contributed by atoms with Crippen LogP contribution in [-0.4, -0.2) is 66.0 Å². The second-order valence-electron chi connectivity index (χ2n) is 7.03. The Hall–Kier alpha value is -1.79. The van der Waals surface area contributed by atoms with Crippen LogP contribution >= 0.6 is 11.6 Å². The van der Waals surface area contributed by atoms with Crippen molar-refractivity contribution in [1.82, 2.24) is 15.1 Å². The van der Waals surface area contributed by atoms with Crippen molar-refractivity contribution in [3.05, 3.63) is 29.3 Å². The van der Waals surface area contributed by atoms with Crippen molar-refractivity contribution in [2.24, 2.45) is 0 Å². The van der Waals surface area contributed by atoms with E-state index in [1.165, 1.54) is 0 Å². The number of carbonyl (C=O) groups excluding carboxylic acids is 2. The molecule has 1 aliphatic carbocycles. The zero-order chi connectivity index (χ0) is 18.7. The predicted octanol–water partition coefficient (Wildman–Crippen LogP) is 1.92. The molecule has 3 rings (SSSR count). The maximum Gasteiger partial charge on any atom is 0.263 e. The van der Waals surface area contributed by atoms with Gasteiger partial charge < -0.3 is 15.0 Å². The third-order valence-corrected chi connectivity index (χ3v) is 5.20. The first-order valence-electron chi connectivity index (χ1n) is 9.19. The first-order valence-corrected chi connectivity index (χ1v) is 9.57. The second kappa shape index (κ2) is 8.27. The molecule has 2 atom stereocenters. The van der Waals surface area contributed by atoms with E-state index in [0.717, 1.165) is 12.8 Å². The van der Waals surface area contributed by atoms with Gasteiger partial charge in [0.1, 0.15) is 5.75 Å². The van der Waals surface area contributed by atoms with Crippen LogP contribution in [0, 0.1) is 0 Å². The minimum Gasteiger partial charge on any atom is -0.481 e. The highest BCUT2D eigenvalue weighted by molar-refractivity contribution is 6.30. The lowest BCUT2D eigenvalue weighted by molar-refractivity contribution is -0.140. The lowest BCUT2D eigenvalue weighted by Crippen LogP contribution is -2.56. The number of benzene rings is 1. The highest BCUT2D eigenvalue weighted by Crippen LogP contribution is 2.20. The summed E-state index contributed by atoms with van der Waals surface area (Å²) in [4.78, 5) is 28.7. The Kier molecular flexibility index (Phi) is 6.04. The van der Waals surface area contributed by atoms with Gasteiger partial charge in [-0.3, -0.25) is 14.5 Å². The van der Waals surface area contributed by atoms with E-state index in [-0.39, 0.29) is 17.9 Å². The lowest BCUT2D eigenvalue weighted by Gasteiger charge is -2.38. The molecule has 0 aromatic heterocycles. The fourth-order valence-electron chi connectivity index (χ4n) is 3.07. The van der Waals surface area contributed by atoms with Crippen molar-refractivity contribution in [3.63, 3.8) is 0 Å². The van der Waals surface area contributed by atoms with Crippen LogP contribution in [0.5, 0.6) is 5.75 Å². The Balaban J connectivity index is 1.46. The minimum atomic E-state index is -0.557. The van der Waals surface area contributed by atoms with Gasteiger partial charge in [-0.2, -0.15) is 0 Å². The smallest absolute Gasteiger partial charge is 0.263 e. The molecule has 1 saturated heterocycles. The van der Waals surface area contributed by atoms with Crippen LogP contribution < -0.4 is 10.1 Å². The molecule has 7 heteroatoms. The first kappa shape index (κ1) is 19.0. The summed E-state index contributed by atoms with van der Waals surface area (Å²) in [7, 11) is 0. The second-order valence-corrected chi connectivity index (χ2v) is 7.47. The largest absolute Gasteiger partial charge is 0.481 e. The SMILES string of the molecule is CC(Oc1ccc(Cl)cc1)C(=O)N1CCN(C(C)C(=O)NC2CC2)CC1. The number of amides is 2. The van der Waals surface area contributed by atoms with Crippen molar-refractivity contribution in [2.75, 3.05) is 26.2 Å². The number of carbonyl (C=O) groups is 2. The van der Waals surface area contributed by atoms with Gasteiger partial charge in [0.25, 0.3) is 5.91 Å². The fourth-order valence-corrected chi connectivity index (χ4v) is 3.20. The van der Waals surface area contributed by atoms with Gasteiger partial charge >= 0.3 is 0 Å². The number of hydrogen-bond donors (Lipinski definition) is 1. The zero-order valence-electron chi connectivity index (χ0n) is 15.3. The Morgan fingerprint density at radius 3 is 2.31 bits per heavy atom. The third kappa shape index (κ3) is 4.89. The van der Waals surface area contributed by atoms with Crippen LogP contribution in [0.3, 0.4) is 0 Å². The highest BCUT2D eigenvalue weighted by Gasteiger charge is 2.32. The van der Waals surface area contributed by atoms with Gasteiger partial charge in [0.15, 0.2) is 6.10 Å². The summed E-state index contributed by atoms with van der Waals surface area (Å²) in [6.07, 6.45) is 1.62. The van der Waals surface area contributed by atoms with Gasteiger partial charge in [-0.1, -0.05) is 11.6 Å². The maximum atomic E-state index is 12.6. The van der Waals surface area contributed by atoms with Gasteiger partial charge in [-0.05, 0) is 51.0 Å². The van der Waals surface area contributed by atoms with E-state index in [0.29, 0.717) is 43.0 Å². The molecule has 0 bridgehead atoms. The molecule has 1 aromatic carbocycles. The minimum absolute atomic E-state index is 0.0327. The standard InChI is InChI=1S/C19H26ClN3O3/c1-13(18(24)21-16-5-6-16)22-9-11-23(12-10-22)19(25)14(2)26-17-7-3-15(20)4-8-17/h3-4,7-8,13-14,16H,5-6,9-12H2,1-2H3,(H,21,24). The summed E-state index contributed by atoms with van der Waals surface area (Å²) in [5.41, 5.74) is 0. The highest BCUT2D eigenvalue weighted by atomic mass is 35.5. The van der Waals surface area contributed by atoms with Crippen molar-refractivity contribution in [1.29, 1.82) is 0 Å². The topological polar surface area (TPSA) is 61.9 Å². The van der Waals surface area contributed by atoms with E-state index in [9.17, 15) is 9.59 Å². The van der Waals surface area contributed by atoms with Crippen LogP contribution in [0.25, 0.3) is 0 Å². The Morgan fingerprint density at radius 1 is 1.12 bits per heavy atom. The molecule has 1 saturated carbocycles. The van der Waals surface area contributed by atoms with Crippen molar-refractivity contribution < 1.29 is 14.3 Å². The summed E-state index contributed by atoms with van der Waals surface area (Å²) in [5.74, 6) is 0.681. The molecule has 26 heavy (non-hydrogen) atoms. The van der Waals surface area contributed by atoms with E-state index >= 15 is 0 Å². The molecule has 2 fully saturated rings. The average Bonchev–Trinajstić information content (AvgIpc) is 3.46. The summed E-state index contributed by atoms with van der Waals surface area (Å²) in [6, 6.07) is 7.20. The van der Waals surface area contributed by atoms with E-state index in [2.05, 4.69) is 10.2 Å². The number of ether oxygens (including phenoxy) is 1. The molecule has 1 aromatic rings. The molecule has 2 unspecified atom stereocenters.